The Hall–Kier alpha value is -1.75. The van der Waals surface area contributed by atoms with Crippen LogP contribution in [0, 0.1) is 5.92 Å². The van der Waals surface area contributed by atoms with E-state index in [-0.39, 0.29) is 41.3 Å². The zero-order valence-electron chi connectivity index (χ0n) is 17.9. The largest absolute Gasteiger partial charge is 0.507 e. The summed E-state index contributed by atoms with van der Waals surface area (Å²) in [5.74, 6) is -0.196. The molecule has 1 aromatic carbocycles. The van der Waals surface area contributed by atoms with Gasteiger partial charge in [0.25, 0.3) is 0 Å². The van der Waals surface area contributed by atoms with E-state index in [2.05, 4.69) is 36.4 Å². The Morgan fingerprint density at radius 2 is 1.90 bits per heavy atom. The molecular formula is C24H33BrO4. The number of phenols is 2. The van der Waals surface area contributed by atoms with Gasteiger partial charge in [0, 0.05) is 23.7 Å². The number of carbonyl (C=O) groups excluding carboxylic acids is 1. The normalized spacial score (nSPS) is 19.6. The number of alkyl halides is 1. The molecule has 2 unspecified atom stereocenters. The zero-order valence-corrected chi connectivity index (χ0v) is 19.5. The van der Waals surface area contributed by atoms with Gasteiger partial charge in [0.15, 0.2) is 0 Å². The van der Waals surface area contributed by atoms with Gasteiger partial charge in [0.05, 0.1) is 0 Å². The van der Waals surface area contributed by atoms with E-state index in [9.17, 15) is 15.0 Å². The Morgan fingerprint density at radius 3 is 2.41 bits per heavy atom. The molecule has 0 spiro atoms. The third-order valence-electron chi connectivity index (χ3n) is 5.91. The lowest BCUT2D eigenvalue weighted by atomic mass is 9.72. The molecule has 0 aromatic heterocycles. The minimum atomic E-state index is -0.315. The summed E-state index contributed by atoms with van der Waals surface area (Å²) in [6.07, 6.45) is 5.63. The van der Waals surface area contributed by atoms with Gasteiger partial charge in [-0.25, -0.2) is 0 Å². The van der Waals surface area contributed by atoms with Crippen molar-refractivity contribution in [3.8, 4) is 11.5 Å². The smallest absolute Gasteiger partial charge is 0.302 e. The average molecular weight is 465 g/mol. The third-order valence-corrected chi connectivity index (χ3v) is 6.47. The Kier molecular flexibility index (Phi) is 7.98. The summed E-state index contributed by atoms with van der Waals surface area (Å²) in [7, 11) is 0. The van der Waals surface area contributed by atoms with Crippen molar-refractivity contribution in [1.29, 1.82) is 0 Å². The second kappa shape index (κ2) is 9.84. The minimum Gasteiger partial charge on any atom is -0.507 e. The summed E-state index contributed by atoms with van der Waals surface area (Å²) in [6.45, 7) is 12.0. The van der Waals surface area contributed by atoms with Crippen LogP contribution in [0.4, 0.5) is 0 Å². The SMILES string of the molecule is C=C(C)C1CCC(COC(C)=O)=CC1c1c(O)cc(C(C)(C)CCCBr)cc1O. The van der Waals surface area contributed by atoms with Crippen LogP contribution in [0.15, 0.2) is 35.9 Å². The van der Waals surface area contributed by atoms with Crippen LogP contribution >= 0.6 is 15.9 Å². The maximum atomic E-state index is 11.2. The van der Waals surface area contributed by atoms with Gasteiger partial charge in [-0.1, -0.05) is 48.0 Å². The van der Waals surface area contributed by atoms with Crippen LogP contribution in [0.5, 0.6) is 11.5 Å². The van der Waals surface area contributed by atoms with Gasteiger partial charge in [0.2, 0.25) is 0 Å². The number of rotatable bonds is 8. The van der Waals surface area contributed by atoms with E-state index in [4.69, 9.17) is 4.74 Å². The van der Waals surface area contributed by atoms with Crippen LogP contribution in [0.25, 0.3) is 0 Å². The summed E-state index contributed by atoms with van der Waals surface area (Å²) in [5, 5.41) is 22.7. The van der Waals surface area contributed by atoms with Crippen LogP contribution in [-0.2, 0) is 14.9 Å². The lowest BCUT2D eigenvalue weighted by Crippen LogP contribution is -2.21. The first-order valence-corrected chi connectivity index (χ1v) is 11.3. The van der Waals surface area contributed by atoms with Crippen molar-refractivity contribution >= 4 is 21.9 Å². The number of halogens is 1. The fraction of sp³-hybridized carbons (Fsp3) is 0.542. The lowest BCUT2D eigenvalue weighted by molar-refractivity contribution is -0.140. The first kappa shape index (κ1) is 23.5. The van der Waals surface area contributed by atoms with Gasteiger partial charge in [-0.15, -0.1) is 0 Å². The number of aromatic hydroxyl groups is 2. The van der Waals surface area contributed by atoms with E-state index in [0.29, 0.717) is 5.56 Å². The molecule has 2 rings (SSSR count). The van der Waals surface area contributed by atoms with E-state index in [1.165, 1.54) is 6.92 Å². The van der Waals surface area contributed by atoms with Crippen molar-refractivity contribution in [2.45, 2.75) is 64.7 Å². The number of allylic oxidation sites excluding steroid dienone is 2. The first-order chi connectivity index (χ1) is 13.6. The predicted molar refractivity (Wildman–Crippen MR) is 121 cm³/mol. The quantitative estimate of drug-likeness (QED) is 0.276. The number of hydrogen-bond acceptors (Lipinski definition) is 4. The van der Waals surface area contributed by atoms with Crippen LogP contribution < -0.4 is 0 Å². The second-order valence-corrected chi connectivity index (χ2v) is 9.52. The molecule has 0 bridgehead atoms. The lowest BCUT2D eigenvalue weighted by Gasteiger charge is -2.33. The fourth-order valence-electron chi connectivity index (χ4n) is 4.13. The molecule has 2 N–H and O–H groups in total. The third kappa shape index (κ3) is 5.88. The van der Waals surface area contributed by atoms with E-state index in [0.717, 1.165) is 47.7 Å². The van der Waals surface area contributed by atoms with Crippen molar-refractivity contribution < 1.29 is 19.7 Å². The Morgan fingerprint density at radius 1 is 1.28 bits per heavy atom. The number of benzene rings is 1. The van der Waals surface area contributed by atoms with Gasteiger partial charge < -0.3 is 14.9 Å². The van der Waals surface area contributed by atoms with Gasteiger partial charge >= 0.3 is 5.97 Å². The Balaban J connectivity index is 2.44. The summed E-state index contributed by atoms with van der Waals surface area (Å²) in [4.78, 5) is 11.2. The summed E-state index contributed by atoms with van der Waals surface area (Å²) in [5.41, 5.74) is 3.31. The fourth-order valence-corrected chi connectivity index (χ4v) is 4.41. The van der Waals surface area contributed by atoms with Gasteiger partial charge in [0.1, 0.15) is 18.1 Å². The molecule has 0 heterocycles. The maximum Gasteiger partial charge on any atom is 0.302 e. The highest BCUT2D eigenvalue weighted by atomic mass is 79.9. The Labute approximate surface area is 182 Å². The highest BCUT2D eigenvalue weighted by Gasteiger charge is 2.32. The number of esters is 1. The van der Waals surface area contributed by atoms with Gasteiger partial charge in [-0.05, 0) is 67.2 Å². The molecule has 1 aliphatic carbocycles. The predicted octanol–water partition coefficient (Wildman–Crippen LogP) is 6.11. The van der Waals surface area contributed by atoms with Crippen LogP contribution in [0.1, 0.15) is 70.4 Å². The number of ether oxygens (including phenoxy) is 1. The van der Waals surface area contributed by atoms with Crippen molar-refractivity contribution in [1.82, 2.24) is 0 Å². The maximum absolute atomic E-state index is 11.2. The molecule has 4 nitrogen and oxygen atoms in total. The minimum absolute atomic E-state index is 0.105. The molecule has 0 radical (unpaired) electrons. The molecule has 1 aliphatic rings. The van der Waals surface area contributed by atoms with Gasteiger partial charge in [-0.2, -0.15) is 0 Å². The van der Waals surface area contributed by atoms with E-state index in [1.54, 1.807) is 12.1 Å². The Bertz CT molecular complexity index is 771. The highest BCUT2D eigenvalue weighted by Crippen LogP contribution is 2.47. The molecule has 2 atom stereocenters. The number of phenolic OH excluding ortho intramolecular Hbond substituents is 2. The van der Waals surface area contributed by atoms with Crippen molar-refractivity contribution in [3.63, 3.8) is 0 Å². The van der Waals surface area contributed by atoms with Gasteiger partial charge in [-0.3, -0.25) is 4.79 Å². The van der Waals surface area contributed by atoms with Crippen LogP contribution in [0.3, 0.4) is 0 Å². The van der Waals surface area contributed by atoms with Crippen molar-refractivity contribution in [3.05, 3.63) is 47.1 Å². The van der Waals surface area contributed by atoms with E-state index < -0.39 is 0 Å². The molecule has 29 heavy (non-hydrogen) atoms. The summed E-state index contributed by atoms with van der Waals surface area (Å²) < 4.78 is 5.16. The first-order valence-electron chi connectivity index (χ1n) is 10.2. The van der Waals surface area contributed by atoms with Crippen molar-refractivity contribution in [2.24, 2.45) is 5.92 Å². The molecule has 1 aromatic rings. The summed E-state index contributed by atoms with van der Waals surface area (Å²) >= 11 is 3.47. The molecule has 160 valence electrons. The van der Waals surface area contributed by atoms with E-state index in [1.807, 2.05) is 13.0 Å². The molecule has 0 fully saturated rings. The molecular weight excluding hydrogens is 432 g/mol. The molecule has 0 saturated carbocycles. The molecule has 0 saturated heterocycles. The zero-order chi connectivity index (χ0) is 21.8. The second-order valence-electron chi connectivity index (χ2n) is 8.73. The number of hydrogen-bond donors (Lipinski definition) is 2. The topological polar surface area (TPSA) is 66.8 Å². The van der Waals surface area contributed by atoms with Crippen LogP contribution in [0.2, 0.25) is 0 Å². The standard InChI is InChI=1S/C24H33BrO4/c1-15(2)19-8-7-17(14-29-16(3)26)11-20(19)23-21(27)12-18(13-22(23)28)24(4,5)9-6-10-25/h11-13,19-20,27-28H,1,6-10,14H2,2-5H3. The monoisotopic (exact) mass is 464 g/mol. The summed E-state index contributed by atoms with van der Waals surface area (Å²) in [6, 6.07) is 3.57. The molecule has 0 aliphatic heterocycles. The number of carbonyl (C=O) groups is 1. The molecule has 0 amide bonds. The van der Waals surface area contributed by atoms with E-state index >= 15 is 0 Å². The van der Waals surface area contributed by atoms with Crippen molar-refractivity contribution in [2.75, 3.05) is 11.9 Å². The van der Waals surface area contributed by atoms with Crippen LogP contribution in [-0.4, -0.2) is 28.1 Å². The molecule has 5 heteroatoms. The average Bonchev–Trinajstić information content (AvgIpc) is 2.64. The highest BCUT2D eigenvalue weighted by molar-refractivity contribution is 9.09.